The van der Waals surface area contributed by atoms with Gasteiger partial charge in [0.15, 0.2) is 11.5 Å². The second-order valence-corrected chi connectivity index (χ2v) is 10.9. The van der Waals surface area contributed by atoms with Gasteiger partial charge in [-0.05, 0) is 81.8 Å². The number of halogens is 3. The highest BCUT2D eigenvalue weighted by molar-refractivity contribution is 5.92. The van der Waals surface area contributed by atoms with Crippen LogP contribution in [0, 0.1) is 19.3 Å². The number of rotatable bonds is 7. The average Bonchev–Trinajstić information content (AvgIpc) is 3.52. The summed E-state index contributed by atoms with van der Waals surface area (Å²) in [5.41, 5.74) is 6.86. The van der Waals surface area contributed by atoms with Crippen molar-refractivity contribution in [2.45, 2.75) is 58.3 Å². The van der Waals surface area contributed by atoms with Gasteiger partial charge in [-0.25, -0.2) is 9.97 Å². The highest BCUT2D eigenvalue weighted by Gasteiger charge is 2.50. The van der Waals surface area contributed by atoms with Crippen LogP contribution in [-0.2, 0) is 6.18 Å². The predicted molar refractivity (Wildman–Crippen MR) is 142 cm³/mol. The molecular weight excluding hydrogens is 495 g/mol. The van der Waals surface area contributed by atoms with Crippen molar-refractivity contribution in [3.05, 3.63) is 46.8 Å². The van der Waals surface area contributed by atoms with Gasteiger partial charge < -0.3 is 20.5 Å². The monoisotopic (exact) mass is 529 g/mol. The van der Waals surface area contributed by atoms with Crippen molar-refractivity contribution < 1.29 is 22.6 Å². The summed E-state index contributed by atoms with van der Waals surface area (Å²) in [6, 6.07) is 6.02. The molecule has 2 aromatic carbocycles. The molecule has 1 aliphatic heterocycles. The van der Waals surface area contributed by atoms with Crippen LogP contribution >= 0.6 is 0 Å². The Bertz CT molecular complexity index is 1370. The van der Waals surface area contributed by atoms with Crippen LogP contribution in [0.4, 0.5) is 24.7 Å². The first-order valence-electron chi connectivity index (χ1n) is 12.8. The SMILES string of the molecule is COc1cc2nc(C)nc(N[C@H](C)c3cc(N)cc(C(F)(F)F)c3C)c2cc1OC[C@@H]1CC2(CC2)CN1C. The molecule has 3 N–H and O–H groups in total. The molecule has 5 rings (SSSR count). The van der Waals surface area contributed by atoms with Crippen LogP contribution in [0.5, 0.6) is 11.5 Å². The topological polar surface area (TPSA) is 85.5 Å². The molecule has 2 heterocycles. The fourth-order valence-corrected chi connectivity index (χ4v) is 5.71. The van der Waals surface area contributed by atoms with Gasteiger partial charge in [0.2, 0.25) is 0 Å². The number of aryl methyl sites for hydroxylation is 1. The molecule has 3 aromatic rings. The van der Waals surface area contributed by atoms with Crippen LogP contribution in [-0.4, -0.2) is 48.2 Å². The number of aromatic nitrogens is 2. The maximum Gasteiger partial charge on any atom is 0.416 e. The summed E-state index contributed by atoms with van der Waals surface area (Å²) in [6.07, 6.45) is -0.797. The Labute approximate surface area is 220 Å². The van der Waals surface area contributed by atoms with E-state index in [1.54, 1.807) is 27.0 Å². The summed E-state index contributed by atoms with van der Waals surface area (Å²) >= 11 is 0. The first kappa shape index (κ1) is 26.3. The number of alkyl halides is 3. The van der Waals surface area contributed by atoms with Gasteiger partial charge in [-0.1, -0.05) is 0 Å². The van der Waals surface area contributed by atoms with E-state index in [4.69, 9.17) is 15.2 Å². The van der Waals surface area contributed by atoms with Crippen molar-refractivity contribution in [2.75, 3.05) is 38.4 Å². The summed E-state index contributed by atoms with van der Waals surface area (Å²) in [4.78, 5) is 11.5. The number of hydrogen-bond acceptors (Lipinski definition) is 7. The minimum Gasteiger partial charge on any atom is -0.493 e. The van der Waals surface area contributed by atoms with Gasteiger partial charge in [-0.3, -0.25) is 4.90 Å². The third-order valence-corrected chi connectivity index (χ3v) is 7.95. The molecule has 0 radical (unpaired) electrons. The zero-order valence-corrected chi connectivity index (χ0v) is 22.4. The third-order valence-electron chi connectivity index (χ3n) is 7.95. The number of benzene rings is 2. The van der Waals surface area contributed by atoms with E-state index in [-0.39, 0.29) is 11.3 Å². The zero-order chi connectivity index (χ0) is 27.4. The number of anilines is 2. The molecule has 7 nitrogen and oxygen atoms in total. The largest absolute Gasteiger partial charge is 0.493 e. The summed E-state index contributed by atoms with van der Waals surface area (Å²) in [5, 5.41) is 3.99. The quantitative estimate of drug-likeness (QED) is 0.369. The van der Waals surface area contributed by atoms with Gasteiger partial charge in [-0.15, -0.1) is 0 Å². The minimum atomic E-state index is -4.50. The Morgan fingerprint density at radius 2 is 1.89 bits per heavy atom. The molecule has 1 spiro atoms. The van der Waals surface area contributed by atoms with Gasteiger partial charge in [0.25, 0.3) is 0 Å². The van der Waals surface area contributed by atoms with Gasteiger partial charge in [0, 0.05) is 29.7 Å². The normalized spacial score (nSPS) is 19.6. The number of likely N-dealkylation sites (tertiary alicyclic amines) is 1. The first-order chi connectivity index (χ1) is 17.9. The lowest BCUT2D eigenvalue weighted by Crippen LogP contribution is -2.30. The number of nitrogen functional groups attached to an aromatic ring is 1. The number of nitrogens with two attached hydrogens (primary N) is 1. The highest BCUT2D eigenvalue weighted by Crippen LogP contribution is 2.54. The van der Waals surface area contributed by atoms with E-state index in [0.717, 1.165) is 19.0 Å². The number of ether oxygens (including phenoxy) is 2. The Hall–Kier alpha value is -3.27. The lowest BCUT2D eigenvalue weighted by atomic mass is 9.96. The smallest absolute Gasteiger partial charge is 0.416 e. The molecule has 1 saturated heterocycles. The maximum absolute atomic E-state index is 13.6. The van der Waals surface area contributed by atoms with Crippen molar-refractivity contribution in [2.24, 2.45) is 5.41 Å². The fraction of sp³-hybridized carbons (Fsp3) is 0.500. The molecule has 1 aromatic heterocycles. The Kier molecular flexibility index (Phi) is 6.57. The van der Waals surface area contributed by atoms with E-state index in [2.05, 4.69) is 27.2 Å². The molecule has 1 saturated carbocycles. The van der Waals surface area contributed by atoms with Crippen molar-refractivity contribution in [3.63, 3.8) is 0 Å². The van der Waals surface area contributed by atoms with E-state index in [9.17, 15) is 13.2 Å². The molecule has 2 atom stereocenters. The predicted octanol–water partition coefficient (Wildman–Crippen LogP) is 5.89. The number of nitrogens with zero attached hydrogens (tertiary/aromatic N) is 3. The standard InChI is InChI=1S/C28H34F3N5O2/c1-15-20(8-18(32)9-22(15)28(29,30)31)16(2)33-26-21-10-25(24(37-5)11-23(21)34-17(3)35-26)38-13-19-12-27(6-7-27)14-36(19)4/h8-11,16,19H,6-7,12-14,32H2,1-5H3,(H,33,34,35)/t16-,19+/m1/s1. The van der Waals surface area contributed by atoms with Crippen LogP contribution < -0.4 is 20.5 Å². The van der Waals surface area contributed by atoms with Crippen molar-refractivity contribution in [1.29, 1.82) is 0 Å². The zero-order valence-electron chi connectivity index (χ0n) is 22.4. The lowest BCUT2D eigenvalue weighted by Gasteiger charge is -2.23. The first-order valence-corrected chi connectivity index (χ1v) is 12.8. The third kappa shape index (κ3) is 5.06. The van der Waals surface area contributed by atoms with Crippen molar-refractivity contribution in [3.8, 4) is 11.5 Å². The van der Waals surface area contributed by atoms with Gasteiger partial charge in [-0.2, -0.15) is 13.2 Å². The summed E-state index contributed by atoms with van der Waals surface area (Å²) in [7, 11) is 3.73. The van der Waals surface area contributed by atoms with Crippen LogP contribution in [0.2, 0.25) is 0 Å². The van der Waals surface area contributed by atoms with E-state index in [1.807, 2.05) is 12.1 Å². The Morgan fingerprint density at radius 1 is 1.16 bits per heavy atom. The maximum atomic E-state index is 13.6. The van der Waals surface area contributed by atoms with Gasteiger partial charge >= 0.3 is 6.18 Å². The second-order valence-electron chi connectivity index (χ2n) is 10.9. The van der Waals surface area contributed by atoms with E-state index < -0.39 is 17.8 Å². The minimum absolute atomic E-state index is 0.0561. The van der Waals surface area contributed by atoms with E-state index in [0.29, 0.717) is 57.7 Å². The molecule has 0 bridgehead atoms. The highest BCUT2D eigenvalue weighted by atomic mass is 19.4. The fourth-order valence-electron chi connectivity index (χ4n) is 5.71. The lowest BCUT2D eigenvalue weighted by molar-refractivity contribution is -0.138. The van der Waals surface area contributed by atoms with Gasteiger partial charge in [0.05, 0.1) is 24.2 Å². The average molecular weight is 530 g/mol. The number of hydrogen-bond donors (Lipinski definition) is 2. The molecule has 38 heavy (non-hydrogen) atoms. The van der Waals surface area contributed by atoms with E-state index in [1.165, 1.54) is 19.8 Å². The van der Waals surface area contributed by atoms with E-state index >= 15 is 0 Å². The molecule has 204 valence electrons. The van der Waals surface area contributed by atoms with Gasteiger partial charge in [0.1, 0.15) is 18.2 Å². The molecule has 2 aliphatic rings. The number of methoxy groups -OCH3 is 1. The number of likely N-dealkylation sites (N-methyl/N-ethyl adjacent to an activating group) is 1. The van der Waals surface area contributed by atoms with Crippen LogP contribution in [0.3, 0.4) is 0 Å². The molecule has 2 fully saturated rings. The molecule has 1 aliphatic carbocycles. The Balaban J connectivity index is 1.46. The van der Waals surface area contributed by atoms with Crippen LogP contribution in [0.1, 0.15) is 54.7 Å². The van der Waals surface area contributed by atoms with Crippen LogP contribution in [0.25, 0.3) is 10.9 Å². The van der Waals surface area contributed by atoms with Crippen molar-refractivity contribution in [1.82, 2.24) is 14.9 Å². The van der Waals surface area contributed by atoms with Crippen molar-refractivity contribution >= 4 is 22.4 Å². The summed E-state index contributed by atoms with van der Waals surface area (Å²) in [5.74, 6) is 2.16. The van der Waals surface area contributed by atoms with Crippen LogP contribution in [0.15, 0.2) is 24.3 Å². The molecular formula is C28H34F3N5O2. The summed E-state index contributed by atoms with van der Waals surface area (Å²) < 4.78 is 52.7. The summed E-state index contributed by atoms with van der Waals surface area (Å²) in [6.45, 7) is 6.66. The molecule has 0 amide bonds. The second kappa shape index (κ2) is 9.48. The molecule has 0 unspecified atom stereocenters. The Morgan fingerprint density at radius 3 is 2.53 bits per heavy atom. The number of fused-ring (bicyclic) bond motifs is 1. The number of nitrogens with one attached hydrogen (secondary N) is 1. The molecule has 10 heteroatoms.